The van der Waals surface area contributed by atoms with Gasteiger partial charge in [0.25, 0.3) is 0 Å². The minimum Gasteiger partial charge on any atom is -0.419 e. The summed E-state index contributed by atoms with van der Waals surface area (Å²) in [5.74, 6) is 0.868. The van der Waals surface area contributed by atoms with Crippen LogP contribution in [0.3, 0.4) is 0 Å². The van der Waals surface area contributed by atoms with E-state index in [0.29, 0.717) is 41.2 Å². The Hall–Kier alpha value is -3.18. The number of rotatable bonds is 3. The largest absolute Gasteiger partial charge is 0.419 e. The zero-order valence-electron chi connectivity index (χ0n) is 14.9. The standard InChI is InChI=1S/C22H16ClN3O2/c23-20-16(13-15-9-4-5-10-17(15)24-20)21-25-19(14-7-2-1-3-8-14)22(28-21)26-12-6-11-18(26)27/h1-5,7-10,13H,6,11-12H2. The van der Waals surface area contributed by atoms with E-state index in [1.54, 1.807) is 4.90 Å². The first kappa shape index (κ1) is 17.0. The van der Waals surface area contributed by atoms with Crippen molar-refractivity contribution in [2.45, 2.75) is 12.8 Å². The molecule has 0 spiro atoms. The second-order valence-electron chi connectivity index (χ2n) is 6.71. The first-order valence-corrected chi connectivity index (χ1v) is 9.51. The molecule has 28 heavy (non-hydrogen) atoms. The van der Waals surface area contributed by atoms with Crippen LogP contribution in [0.2, 0.25) is 5.15 Å². The van der Waals surface area contributed by atoms with Gasteiger partial charge in [-0.25, -0.2) is 9.97 Å². The van der Waals surface area contributed by atoms with Crippen LogP contribution in [0, 0.1) is 0 Å². The Bertz CT molecular complexity index is 1190. The molecule has 5 nitrogen and oxygen atoms in total. The number of amides is 1. The van der Waals surface area contributed by atoms with Gasteiger partial charge in [0.15, 0.2) is 0 Å². The number of nitrogens with zero attached hydrogens (tertiary/aromatic N) is 3. The van der Waals surface area contributed by atoms with E-state index >= 15 is 0 Å². The summed E-state index contributed by atoms with van der Waals surface area (Å²) in [4.78, 5) is 23.2. The number of halogens is 1. The maximum Gasteiger partial charge on any atom is 0.232 e. The van der Waals surface area contributed by atoms with Crippen LogP contribution in [0.15, 0.2) is 65.1 Å². The van der Waals surface area contributed by atoms with E-state index in [2.05, 4.69) is 4.98 Å². The molecule has 0 saturated carbocycles. The fourth-order valence-electron chi connectivity index (χ4n) is 3.50. The van der Waals surface area contributed by atoms with Crippen LogP contribution >= 0.6 is 11.6 Å². The molecular weight excluding hydrogens is 374 g/mol. The molecule has 0 aliphatic carbocycles. The molecule has 0 atom stereocenters. The van der Waals surface area contributed by atoms with Crippen LogP contribution in [-0.4, -0.2) is 22.4 Å². The molecule has 1 aliphatic heterocycles. The molecule has 3 heterocycles. The van der Waals surface area contributed by atoms with Crippen LogP contribution in [0.4, 0.5) is 5.88 Å². The summed E-state index contributed by atoms with van der Waals surface area (Å²) in [7, 11) is 0. The molecule has 0 unspecified atom stereocenters. The third kappa shape index (κ3) is 2.84. The normalized spacial score (nSPS) is 14.2. The van der Waals surface area contributed by atoms with Gasteiger partial charge in [0.05, 0.1) is 11.1 Å². The lowest BCUT2D eigenvalue weighted by molar-refractivity contribution is -0.117. The van der Waals surface area contributed by atoms with Crippen molar-refractivity contribution in [2.75, 3.05) is 11.4 Å². The lowest BCUT2D eigenvalue weighted by Gasteiger charge is -2.13. The average Bonchev–Trinajstić information content (AvgIpc) is 3.34. The van der Waals surface area contributed by atoms with E-state index in [4.69, 9.17) is 21.0 Å². The Balaban J connectivity index is 1.70. The van der Waals surface area contributed by atoms with E-state index in [0.717, 1.165) is 22.9 Å². The lowest BCUT2D eigenvalue weighted by atomic mass is 10.1. The Morgan fingerprint density at radius 2 is 1.79 bits per heavy atom. The summed E-state index contributed by atoms with van der Waals surface area (Å²) >= 11 is 6.44. The fraction of sp³-hybridized carbons (Fsp3) is 0.136. The van der Waals surface area contributed by atoms with Crippen molar-refractivity contribution in [3.8, 4) is 22.7 Å². The Kier molecular flexibility index (Phi) is 4.10. The zero-order chi connectivity index (χ0) is 19.1. The van der Waals surface area contributed by atoms with Crippen molar-refractivity contribution in [1.82, 2.24) is 9.97 Å². The van der Waals surface area contributed by atoms with Crippen molar-refractivity contribution in [3.63, 3.8) is 0 Å². The number of para-hydroxylation sites is 1. The molecule has 4 aromatic rings. The summed E-state index contributed by atoms with van der Waals surface area (Å²) in [6.07, 6.45) is 1.32. The van der Waals surface area contributed by atoms with Gasteiger partial charge in [-0.2, -0.15) is 0 Å². The SMILES string of the molecule is O=C1CCCN1c1oc(-c2cc3ccccc3nc2Cl)nc1-c1ccccc1. The minimum atomic E-state index is 0.0441. The highest BCUT2D eigenvalue weighted by Gasteiger charge is 2.30. The number of aromatic nitrogens is 2. The van der Waals surface area contributed by atoms with Crippen LogP contribution in [0.5, 0.6) is 0 Å². The molecule has 2 aromatic carbocycles. The molecule has 1 fully saturated rings. The lowest BCUT2D eigenvalue weighted by Crippen LogP contribution is -2.23. The summed E-state index contributed by atoms with van der Waals surface area (Å²) in [6, 6.07) is 19.4. The zero-order valence-corrected chi connectivity index (χ0v) is 15.7. The average molecular weight is 390 g/mol. The minimum absolute atomic E-state index is 0.0441. The van der Waals surface area contributed by atoms with Crippen molar-refractivity contribution < 1.29 is 9.21 Å². The van der Waals surface area contributed by atoms with E-state index in [9.17, 15) is 4.79 Å². The van der Waals surface area contributed by atoms with E-state index < -0.39 is 0 Å². The predicted octanol–water partition coefficient (Wildman–Crippen LogP) is 5.34. The third-order valence-corrected chi connectivity index (χ3v) is 5.17. The Morgan fingerprint density at radius 3 is 2.57 bits per heavy atom. The van der Waals surface area contributed by atoms with Crippen molar-refractivity contribution in [1.29, 1.82) is 0 Å². The molecule has 0 radical (unpaired) electrons. The van der Waals surface area contributed by atoms with Crippen molar-refractivity contribution in [2.24, 2.45) is 0 Å². The first-order chi connectivity index (χ1) is 13.7. The number of oxazole rings is 1. The summed E-state index contributed by atoms with van der Waals surface area (Å²) in [6.45, 7) is 0.622. The smallest absolute Gasteiger partial charge is 0.232 e. The van der Waals surface area contributed by atoms with Crippen LogP contribution < -0.4 is 4.90 Å². The van der Waals surface area contributed by atoms with Crippen molar-refractivity contribution >= 4 is 34.3 Å². The number of hydrogen-bond acceptors (Lipinski definition) is 4. The maximum absolute atomic E-state index is 12.3. The number of hydrogen-bond donors (Lipinski definition) is 0. The summed E-state index contributed by atoms with van der Waals surface area (Å²) < 4.78 is 6.11. The molecule has 1 amide bonds. The first-order valence-electron chi connectivity index (χ1n) is 9.13. The monoisotopic (exact) mass is 389 g/mol. The highest BCUT2D eigenvalue weighted by Crippen LogP contribution is 2.39. The molecule has 0 N–H and O–H groups in total. The van der Waals surface area contributed by atoms with Gasteiger partial charge in [-0.1, -0.05) is 60.1 Å². The van der Waals surface area contributed by atoms with Gasteiger partial charge >= 0.3 is 0 Å². The quantitative estimate of drug-likeness (QED) is 0.444. The predicted molar refractivity (Wildman–Crippen MR) is 109 cm³/mol. The highest BCUT2D eigenvalue weighted by molar-refractivity contribution is 6.32. The topological polar surface area (TPSA) is 59.2 Å². The van der Waals surface area contributed by atoms with Crippen LogP contribution in [0.25, 0.3) is 33.6 Å². The number of fused-ring (bicyclic) bond motifs is 1. The molecule has 2 aromatic heterocycles. The summed E-state index contributed by atoms with van der Waals surface area (Å²) in [5.41, 5.74) is 2.93. The molecule has 0 bridgehead atoms. The van der Waals surface area contributed by atoms with Gasteiger partial charge in [0.1, 0.15) is 10.8 Å². The summed E-state index contributed by atoms with van der Waals surface area (Å²) in [5, 5.41) is 1.26. The van der Waals surface area contributed by atoms with Gasteiger partial charge in [-0.05, 0) is 18.6 Å². The van der Waals surface area contributed by atoms with Gasteiger partial charge in [0.2, 0.25) is 17.7 Å². The third-order valence-electron chi connectivity index (χ3n) is 4.88. The number of benzene rings is 2. The molecule has 1 saturated heterocycles. The molecule has 5 rings (SSSR count). The molecular formula is C22H16ClN3O2. The number of pyridine rings is 1. The molecule has 1 aliphatic rings. The molecule has 6 heteroatoms. The number of carbonyl (C=O) groups is 1. The van der Waals surface area contributed by atoms with Crippen molar-refractivity contribution in [3.05, 3.63) is 65.8 Å². The molecule has 138 valence electrons. The van der Waals surface area contributed by atoms with Crippen LogP contribution in [-0.2, 0) is 4.79 Å². The van der Waals surface area contributed by atoms with Gasteiger partial charge in [-0.3, -0.25) is 9.69 Å². The maximum atomic E-state index is 12.3. The Morgan fingerprint density at radius 1 is 1.00 bits per heavy atom. The number of carbonyl (C=O) groups excluding carboxylic acids is 1. The van der Waals surface area contributed by atoms with E-state index in [1.165, 1.54) is 0 Å². The second-order valence-corrected chi connectivity index (χ2v) is 7.07. The van der Waals surface area contributed by atoms with Gasteiger partial charge in [0, 0.05) is 23.9 Å². The highest BCUT2D eigenvalue weighted by atomic mass is 35.5. The van der Waals surface area contributed by atoms with Gasteiger partial charge in [-0.15, -0.1) is 0 Å². The van der Waals surface area contributed by atoms with Crippen LogP contribution in [0.1, 0.15) is 12.8 Å². The van der Waals surface area contributed by atoms with E-state index in [1.807, 2.05) is 60.7 Å². The van der Waals surface area contributed by atoms with E-state index in [-0.39, 0.29) is 5.91 Å². The fourth-order valence-corrected chi connectivity index (χ4v) is 3.73. The second kappa shape index (κ2) is 6.77. The van der Waals surface area contributed by atoms with Gasteiger partial charge < -0.3 is 4.42 Å². The Labute approximate surface area is 166 Å². The number of anilines is 1.